The molecule has 1 aliphatic carbocycles. The van der Waals surface area contributed by atoms with Gasteiger partial charge in [0.2, 0.25) is 0 Å². The van der Waals surface area contributed by atoms with Crippen LogP contribution in [0, 0.1) is 11.6 Å². The van der Waals surface area contributed by atoms with Crippen molar-refractivity contribution in [1.29, 1.82) is 0 Å². The monoisotopic (exact) mass is 199 g/mol. The summed E-state index contributed by atoms with van der Waals surface area (Å²) in [5.74, 6) is -1.31. The molecule has 14 heavy (non-hydrogen) atoms. The van der Waals surface area contributed by atoms with E-state index < -0.39 is 23.8 Å². The van der Waals surface area contributed by atoms with E-state index in [1.807, 2.05) is 0 Å². The Kier molecular flexibility index (Phi) is 2.25. The van der Waals surface area contributed by atoms with Gasteiger partial charge >= 0.3 is 0 Å². The van der Waals surface area contributed by atoms with E-state index in [2.05, 4.69) is 0 Å². The Morgan fingerprint density at radius 2 is 2.07 bits per heavy atom. The maximum absolute atomic E-state index is 13.3. The molecular formula is C10H11F2NO. The average molecular weight is 199 g/mol. The lowest BCUT2D eigenvalue weighted by Gasteiger charge is -2.27. The molecule has 2 rings (SSSR count). The lowest BCUT2D eigenvalue weighted by atomic mass is 9.86. The van der Waals surface area contributed by atoms with E-state index in [0.717, 1.165) is 6.07 Å². The second kappa shape index (κ2) is 3.29. The van der Waals surface area contributed by atoms with Crippen molar-refractivity contribution in [2.75, 3.05) is 0 Å². The van der Waals surface area contributed by atoms with Gasteiger partial charge in [-0.3, -0.25) is 0 Å². The van der Waals surface area contributed by atoms with Gasteiger partial charge in [0.25, 0.3) is 0 Å². The minimum absolute atomic E-state index is 0.158. The van der Waals surface area contributed by atoms with Gasteiger partial charge in [-0.25, -0.2) is 8.78 Å². The Morgan fingerprint density at radius 3 is 2.79 bits per heavy atom. The van der Waals surface area contributed by atoms with Crippen LogP contribution in [-0.4, -0.2) is 11.1 Å². The molecule has 0 fully saturated rings. The molecule has 76 valence electrons. The number of aryl methyl sites for hydroxylation is 1. The molecule has 0 aromatic heterocycles. The fourth-order valence-electron chi connectivity index (χ4n) is 1.87. The van der Waals surface area contributed by atoms with Gasteiger partial charge in [0.05, 0.1) is 6.10 Å². The van der Waals surface area contributed by atoms with Crippen molar-refractivity contribution in [3.05, 3.63) is 34.9 Å². The van der Waals surface area contributed by atoms with Crippen LogP contribution in [0.1, 0.15) is 23.7 Å². The molecular weight excluding hydrogens is 188 g/mol. The predicted octanol–water partition coefficient (Wildman–Crippen LogP) is 1.27. The lowest BCUT2D eigenvalue weighted by Crippen LogP contribution is -2.33. The number of nitrogens with two attached hydrogens (primary N) is 1. The van der Waals surface area contributed by atoms with Crippen LogP contribution in [-0.2, 0) is 6.42 Å². The number of aliphatic hydroxyl groups is 1. The number of benzene rings is 1. The molecule has 1 aromatic carbocycles. The maximum atomic E-state index is 13.3. The molecule has 0 amide bonds. The van der Waals surface area contributed by atoms with E-state index in [0.29, 0.717) is 18.4 Å². The summed E-state index contributed by atoms with van der Waals surface area (Å²) >= 11 is 0. The van der Waals surface area contributed by atoms with Crippen LogP contribution in [0.4, 0.5) is 8.78 Å². The van der Waals surface area contributed by atoms with Gasteiger partial charge in [0.15, 0.2) is 0 Å². The molecule has 4 heteroatoms. The third-order valence-electron chi connectivity index (χ3n) is 2.63. The molecule has 2 atom stereocenters. The summed E-state index contributed by atoms with van der Waals surface area (Å²) in [7, 11) is 0. The second-order valence-corrected chi connectivity index (χ2v) is 3.61. The normalized spacial score (nSPS) is 26.0. The van der Waals surface area contributed by atoms with E-state index in [1.54, 1.807) is 0 Å². The molecule has 0 spiro atoms. The Bertz CT molecular complexity index is 367. The summed E-state index contributed by atoms with van der Waals surface area (Å²) in [6, 6.07) is 1.58. The second-order valence-electron chi connectivity index (χ2n) is 3.61. The third-order valence-corrected chi connectivity index (χ3v) is 2.63. The Morgan fingerprint density at radius 1 is 1.36 bits per heavy atom. The highest BCUT2D eigenvalue weighted by atomic mass is 19.1. The van der Waals surface area contributed by atoms with Crippen molar-refractivity contribution in [3.8, 4) is 0 Å². The van der Waals surface area contributed by atoms with Crippen molar-refractivity contribution in [2.24, 2.45) is 5.73 Å². The first-order valence-electron chi connectivity index (χ1n) is 4.51. The lowest BCUT2D eigenvalue weighted by molar-refractivity contribution is 0.129. The molecule has 0 radical (unpaired) electrons. The largest absolute Gasteiger partial charge is 0.387 e. The van der Waals surface area contributed by atoms with Gasteiger partial charge in [-0.15, -0.1) is 0 Å². The van der Waals surface area contributed by atoms with Crippen LogP contribution in [0.3, 0.4) is 0 Å². The van der Waals surface area contributed by atoms with E-state index in [-0.39, 0.29) is 5.56 Å². The fraction of sp³-hybridized carbons (Fsp3) is 0.400. The number of hydrogen-bond acceptors (Lipinski definition) is 2. The Hall–Kier alpha value is -1.00. The van der Waals surface area contributed by atoms with Crippen LogP contribution < -0.4 is 5.73 Å². The van der Waals surface area contributed by atoms with E-state index >= 15 is 0 Å². The molecule has 1 aromatic rings. The zero-order valence-electron chi connectivity index (χ0n) is 7.50. The van der Waals surface area contributed by atoms with Crippen molar-refractivity contribution in [3.63, 3.8) is 0 Å². The number of rotatable bonds is 0. The number of hydrogen-bond donors (Lipinski definition) is 2. The summed E-state index contributed by atoms with van der Waals surface area (Å²) in [5.41, 5.74) is 6.27. The van der Waals surface area contributed by atoms with Gasteiger partial charge in [0, 0.05) is 17.7 Å². The maximum Gasteiger partial charge on any atom is 0.132 e. The van der Waals surface area contributed by atoms with Crippen molar-refractivity contribution < 1.29 is 13.9 Å². The zero-order chi connectivity index (χ0) is 10.3. The van der Waals surface area contributed by atoms with Crippen LogP contribution >= 0.6 is 0 Å². The summed E-state index contributed by atoms with van der Waals surface area (Å²) in [4.78, 5) is 0. The molecule has 0 unspecified atom stereocenters. The average Bonchev–Trinajstić information content (AvgIpc) is 2.10. The van der Waals surface area contributed by atoms with Crippen LogP contribution in [0.5, 0.6) is 0 Å². The van der Waals surface area contributed by atoms with E-state index in [4.69, 9.17) is 5.73 Å². The number of halogens is 2. The molecule has 0 bridgehead atoms. The highest BCUT2D eigenvalue weighted by Crippen LogP contribution is 2.31. The molecule has 0 heterocycles. The van der Waals surface area contributed by atoms with Crippen molar-refractivity contribution in [1.82, 2.24) is 0 Å². The third kappa shape index (κ3) is 1.40. The summed E-state index contributed by atoms with van der Waals surface area (Å²) in [6.45, 7) is 0. The van der Waals surface area contributed by atoms with Gasteiger partial charge in [-0.1, -0.05) is 0 Å². The van der Waals surface area contributed by atoms with Crippen LogP contribution in [0.2, 0.25) is 0 Å². The number of fused-ring (bicyclic) bond motifs is 1. The minimum atomic E-state index is -1.01. The van der Waals surface area contributed by atoms with E-state index in [9.17, 15) is 13.9 Å². The first-order valence-corrected chi connectivity index (χ1v) is 4.51. The summed E-state index contributed by atoms with van der Waals surface area (Å²) in [5, 5.41) is 9.61. The quantitative estimate of drug-likeness (QED) is 0.661. The minimum Gasteiger partial charge on any atom is -0.387 e. The van der Waals surface area contributed by atoms with E-state index in [1.165, 1.54) is 6.07 Å². The number of aliphatic hydroxyl groups excluding tert-OH is 1. The smallest absolute Gasteiger partial charge is 0.132 e. The molecule has 0 saturated heterocycles. The van der Waals surface area contributed by atoms with Crippen LogP contribution in [0.25, 0.3) is 0 Å². The summed E-state index contributed by atoms with van der Waals surface area (Å²) < 4.78 is 26.1. The Labute approximate surface area is 80.4 Å². The molecule has 0 saturated carbocycles. The molecule has 0 aliphatic heterocycles. The first kappa shape index (κ1) is 9.55. The van der Waals surface area contributed by atoms with Crippen molar-refractivity contribution >= 4 is 0 Å². The SMILES string of the molecule is N[C@H]1CCc2cc(F)cc(F)c2[C@H]1O. The van der Waals surface area contributed by atoms with Gasteiger partial charge in [-0.2, -0.15) is 0 Å². The first-order chi connectivity index (χ1) is 6.59. The van der Waals surface area contributed by atoms with Crippen LogP contribution in [0.15, 0.2) is 12.1 Å². The molecule has 2 nitrogen and oxygen atoms in total. The highest BCUT2D eigenvalue weighted by Gasteiger charge is 2.28. The van der Waals surface area contributed by atoms with Gasteiger partial charge in [-0.05, 0) is 24.5 Å². The molecule has 3 N–H and O–H groups in total. The van der Waals surface area contributed by atoms with Gasteiger partial charge in [0.1, 0.15) is 11.6 Å². The van der Waals surface area contributed by atoms with Gasteiger partial charge < -0.3 is 10.8 Å². The predicted molar refractivity (Wildman–Crippen MR) is 47.6 cm³/mol. The summed E-state index contributed by atoms with van der Waals surface area (Å²) in [6.07, 6.45) is 0.0543. The molecule has 1 aliphatic rings. The Balaban J connectivity index is 2.54. The highest BCUT2D eigenvalue weighted by molar-refractivity contribution is 5.34. The fourth-order valence-corrected chi connectivity index (χ4v) is 1.87. The zero-order valence-corrected chi connectivity index (χ0v) is 7.50. The topological polar surface area (TPSA) is 46.2 Å². The van der Waals surface area contributed by atoms with Crippen molar-refractivity contribution in [2.45, 2.75) is 25.0 Å². The standard InChI is InChI=1S/C10H11F2NO/c11-6-3-5-1-2-8(13)10(14)9(5)7(12)4-6/h3-4,8,10,14H,1-2,13H2/t8-,10-/m0/s1.